The summed E-state index contributed by atoms with van der Waals surface area (Å²) < 4.78 is 25.6. The second-order valence-electron chi connectivity index (χ2n) is 3.99. The molecule has 3 N–H and O–H groups in total. The summed E-state index contributed by atoms with van der Waals surface area (Å²) in [6.07, 6.45) is 1.45. The number of nitrogens with one attached hydrogen (secondary N) is 2. The first kappa shape index (κ1) is 15.6. The molecule has 0 saturated heterocycles. The number of hydrogen-bond acceptors (Lipinski definition) is 2. The topological polar surface area (TPSA) is 78.4 Å². The normalized spacial score (nSPS) is 11.5. The maximum absolute atomic E-state index is 12.9. The van der Waals surface area contributed by atoms with E-state index in [4.69, 9.17) is 5.11 Å². The SMILES string of the molecule is C=CCC(NC(=O)NCc1ccc(F)c(F)c1)C(=O)O. The number of carboxylic acid groups (broad SMARTS) is 1. The van der Waals surface area contributed by atoms with Gasteiger partial charge in [-0.2, -0.15) is 0 Å². The van der Waals surface area contributed by atoms with Gasteiger partial charge in [-0.05, 0) is 24.1 Å². The molecule has 0 aliphatic rings. The van der Waals surface area contributed by atoms with Crippen LogP contribution in [0.15, 0.2) is 30.9 Å². The van der Waals surface area contributed by atoms with E-state index in [0.717, 1.165) is 12.1 Å². The van der Waals surface area contributed by atoms with Gasteiger partial charge in [0.1, 0.15) is 6.04 Å². The van der Waals surface area contributed by atoms with Crippen molar-refractivity contribution in [1.29, 1.82) is 0 Å². The van der Waals surface area contributed by atoms with Gasteiger partial charge in [0, 0.05) is 6.54 Å². The number of hydrogen-bond donors (Lipinski definition) is 3. The Kier molecular flexibility index (Phi) is 5.64. The third-order valence-corrected chi connectivity index (χ3v) is 2.44. The fraction of sp³-hybridized carbons (Fsp3) is 0.231. The second-order valence-corrected chi connectivity index (χ2v) is 3.99. The molecule has 0 aromatic heterocycles. The molecule has 5 nitrogen and oxygen atoms in total. The molecule has 0 heterocycles. The molecule has 0 aliphatic heterocycles. The third kappa shape index (κ3) is 4.68. The second kappa shape index (κ2) is 7.22. The highest BCUT2D eigenvalue weighted by molar-refractivity contribution is 5.82. The molecule has 7 heteroatoms. The van der Waals surface area contributed by atoms with Gasteiger partial charge < -0.3 is 15.7 Å². The largest absolute Gasteiger partial charge is 0.480 e. The summed E-state index contributed by atoms with van der Waals surface area (Å²) in [5.41, 5.74) is 0.356. The van der Waals surface area contributed by atoms with Gasteiger partial charge in [0.05, 0.1) is 0 Å². The third-order valence-electron chi connectivity index (χ3n) is 2.44. The molecule has 0 spiro atoms. The van der Waals surface area contributed by atoms with Crippen LogP contribution in [0, 0.1) is 11.6 Å². The molecule has 0 bridgehead atoms. The zero-order chi connectivity index (χ0) is 15.1. The Morgan fingerprint density at radius 1 is 1.35 bits per heavy atom. The molecule has 1 rings (SSSR count). The zero-order valence-electron chi connectivity index (χ0n) is 10.5. The first-order valence-electron chi connectivity index (χ1n) is 5.76. The average Bonchev–Trinajstić information content (AvgIpc) is 2.39. The van der Waals surface area contributed by atoms with Gasteiger partial charge in [-0.15, -0.1) is 6.58 Å². The van der Waals surface area contributed by atoms with Crippen molar-refractivity contribution in [3.63, 3.8) is 0 Å². The minimum absolute atomic E-state index is 0.0521. The van der Waals surface area contributed by atoms with Crippen molar-refractivity contribution in [2.24, 2.45) is 0 Å². The number of carbonyl (C=O) groups excluding carboxylic acids is 1. The van der Waals surface area contributed by atoms with Gasteiger partial charge in [-0.1, -0.05) is 12.1 Å². The van der Waals surface area contributed by atoms with E-state index < -0.39 is 29.7 Å². The van der Waals surface area contributed by atoms with Gasteiger partial charge in [0.25, 0.3) is 0 Å². The Hall–Kier alpha value is -2.44. The van der Waals surface area contributed by atoms with Crippen molar-refractivity contribution < 1.29 is 23.5 Å². The van der Waals surface area contributed by atoms with Crippen molar-refractivity contribution in [1.82, 2.24) is 10.6 Å². The number of carboxylic acids is 1. The van der Waals surface area contributed by atoms with Crippen LogP contribution in [0.2, 0.25) is 0 Å². The minimum Gasteiger partial charge on any atom is -0.480 e. The summed E-state index contributed by atoms with van der Waals surface area (Å²) in [7, 11) is 0. The summed E-state index contributed by atoms with van der Waals surface area (Å²) in [5.74, 6) is -3.18. The van der Waals surface area contributed by atoms with Gasteiger partial charge in [-0.3, -0.25) is 0 Å². The Labute approximate surface area is 114 Å². The lowest BCUT2D eigenvalue weighted by atomic mass is 10.2. The zero-order valence-corrected chi connectivity index (χ0v) is 10.5. The Morgan fingerprint density at radius 3 is 2.60 bits per heavy atom. The summed E-state index contributed by atoms with van der Waals surface area (Å²) >= 11 is 0. The summed E-state index contributed by atoms with van der Waals surface area (Å²) in [4.78, 5) is 22.3. The average molecular weight is 284 g/mol. The van der Waals surface area contributed by atoms with Crippen LogP contribution in [-0.4, -0.2) is 23.1 Å². The summed E-state index contributed by atoms with van der Waals surface area (Å²) in [6, 6.07) is 1.41. The fourth-order valence-corrected chi connectivity index (χ4v) is 1.43. The number of carbonyl (C=O) groups is 2. The first-order valence-corrected chi connectivity index (χ1v) is 5.76. The van der Waals surface area contributed by atoms with E-state index in [2.05, 4.69) is 17.2 Å². The standard InChI is InChI=1S/C13H14F2N2O3/c1-2-3-11(12(18)19)17-13(20)16-7-8-4-5-9(14)10(15)6-8/h2,4-6,11H,1,3,7H2,(H,18,19)(H2,16,17,20). The van der Waals surface area contributed by atoms with E-state index in [9.17, 15) is 18.4 Å². The van der Waals surface area contributed by atoms with E-state index in [1.54, 1.807) is 0 Å². The quantitative estimate of drug-likeness (QED) is 0.697. The molecule has 0 fully saturated rings. The van der Waals surface area contributed by atoms with E-state index in [1.165, 1.54) is 12.1 Å². The number of benzene rings is 1. The van der Waals surface area contributed by atoms with E-state index in [-0.39, 0.29) is 13.0 Å². The van der Waals surface area contributed by atoms with Crippen molar-refractivity contribution in [3.8, 4) is 0 Å². The van der Waals surface area contributed by atoms with Crippen LogP contribution in [0.3, 0.4) is 0 Å². The maximum atomic E-state index is 12.9. The number of rotatable bonds is 6. The fourth-order valence-electron chi connectivity index (χ4n) is 1.43. The van der Waals surface area contributed by atoms with Gasteiger partial charge in [-0.25, -0.2) is 18.4 Å². The van der Waals surface area contributed by atoms with Gasteiger partial charge in [0.2, 0.25) is 0 Å². The van der Waals surface area contributed by atoms with E-state index in [1.807, 2.05) is 0 Å². The van der Waals surface area contributed by atoms with Crippen LogP contribution >= 0.6 is 0 Å². The molecule has 1 aromatic carbocycles. The lowest BCUT2D eigenvalue weighted by Gasteiger charge is -2.13. The lowest BCUT2D eigenvalue weighted by molar-refractivity contribution is -0.139. The van der Waals surface area contributed by atoms with Crippen LogP contribution in [0.1, 0.15) is 12.0 Å². The van der Waals surface area contributed by atoms with Crippen molar-refractivity contribution in [3.05, 3.63) is 48.1 Å². The van der Waals surface area contributed by atoms with Crippen LogP contribution in [-0.2, 0) is 11.3 Å². The molecule has 0 aliphatic carbocycles. The van der Waals surface area contributed by atoms with Crippen LogP contribution in [0.4, 0.5) is 13.6 Å². The summed E-state index contributed by atoms with van der Waals surface area (Å²) in [5, 5.41) is 13.4. The first-order chi connectivity index (χ1) is 9.43. The van der Waals surface area contributed by atoms with Crippen LogP contribution < -0.4 is 10.6 Å². The van der Waals surface area contributed by atoms with Crippen molar-refractivity contribution in [2.45, 2.75) is 19.0 Å². The molecule has 1 atom stereocenters. The van der Waals surface area contributed by atoms with Gasteiger partial charge >= 0.3 is 12.0 Å². The Balaban J connectivity index is 2.52. The number of aliphatic carboxylic acids is 1. The highest BCUT2D eigenvalue weighted by Crippen LogP contribution is 2.08. The van der Waals surface area contributed by atoms with Gasteiger partial charge in [0.15, 0.2) is 11.6 Å². The number of halogens is 2. The molecule has 1 aromatic rings. The highest BCUT2D eigenvalue weighted by atomic mass is 19.2. The number of urea groups is 1. The molecule has 20 heavy (non-hydrogen) atoms. The molecular formula is C13H14F2N2O3. The Bertz CT molecular complexity index is 520. The number of amides is 2. The maximum Gasteiger partial charge on any atom is 0.326 e. The molecular weight excluding hydrogens is 270 g/mol. The van der Waals surface area contributed by atoms with Crippen molar-refractivity contribution >= 4 is 12.0 Å². The van der Waals surface area contributed by atoms with E-state index in [0.29, 0.717) is 5.56 Å². The van der Waals surface area contributed by atoms with E-state index >= 15 is 0 Å². The predicted octanol–water partition coefficient (Wildman–Crippen LogP) is 1.79. The lowest BCUT2D eigenvalue weighted by Crippen LogP contribution is -2.45. The smallest absolute Gasteiger partial charge is 0.326 e. The minimum atomic E-state index is -1.19. The Morgan fingerprint density at radius 2 is 2.05 bits per heavy atom. The molecule has 1 unspecified atom stereocenters. The van der Waals surface area contributed by atoms with Crippen molar-refractivity contribution in [2.75, 3.05) is 0 Å². The van der Waals surface area contributed by atoms with Crippen LogP contribution in [0.5, 0.6) is 0 Å². The predicted molar refractivity (Wildman–Crippen MR) is 68.0 cm³/mol. The molecule has 0 saturated carbocycles. The summed E-state index contributed by atoms with van der Waals surface area (Å²) in [6.45, 7) is 3.34. The van der Waals surface area contributed by atoms with Crippen LogP contribution in [0.25, 0.3) is 0 Å². The monoisotopic (exact) mass is 284 g/mol. The molecule has 0 radical (unpaired) electrons. The highest BCUT2D eigenvalue weighted by Gasteiger charge is 2.17. The molecule has 108 valence electrons. The molecule has 2 amide bonds.